The highest BCUT2D eigenvalue weighted by molar-refractivity contribution is 6.37. The number of nitrogens with one attached hydrogen (secondary N) is 1. The van der Waals surface area contributed by atoms with E-state index in [0.717, 1.165) is 0 Å². The Morgan fingerprint density at radius 3 is 2.05 bits per heavy atom. The molecule has 8 heteroatoms. The number of benzene rings is 4. The Hall–Kier alpha value is -4.15. The fourth-order valence-corrected chi connectivity index (χ4v) is 4.34. The number of hydrazone groups is 1. The number of hydrogen-bond acceptors (Lipinski definition) is 5. The summed E-state index contributed by atoms with van der Waals surface area (Å²) in [6.45, 7) is 0.115. The smallest absolute Gasteiger partial charge is 0.281 e. The van der Waals surface area contributed by atoms with Crippen LogP contribution in [0.2, 0.25) is 10.0 Å². The van der Waals surface area contributed by atoms with Crippen molar-refractivity contribution in [1.29, 1.82) is 5.26 Å². The molecule has 37 heavy (non-hydrogen) atoms. The zero-order valence-corrected chi connectivity index (χ0v) is 20.9. The van der Waals surface area contributed by atoms with Crippen molar-refractivity contribution >= 4 is 35.3 Å². The molecule has 0 aromatic heterocycles. The van der Waals surface area contributed by atoms with E-state index in [2.05, 4.69) is 16.6 Å². The van der Waals surface area contributed by atoms with Crippen LogP contribution in [0, 0.1) is 11.3 Å². The van der Waals surface area contributed by atoms with E-state index < -0.39 is 11.5 Å². The fourth-order valence-electron chi connectivity index (χ4n) is 3.73. The molecule has 0 unspecified atom stereocenters. The van der Waals surface area contributed by atoms with Crippen molar-refractivity contribution in [2.75, 3.05) is 0 Å². The average Bonchev–Trinajstić information content (AvgIpc) is 2.93. The van der Waals surface area contributed by atoms with Crippen molar-refractivity contribution in [3.63, 3.8) is 0 Å². The maximum absolute atomic E-state index is 13.1. The molecule has 0 bridgehead atoms. The van der Waals surface area contributed by atoms with Gasteiger partial charge in [0.1, 0.15) is 6.61 Å². The fraction of sp³-hybridized carbons (Fsp3) is 0.0690. The number of carbonyl (C=O) groups excluding carboxylic acids is 1. The van der Waals surface area contributed by atoms with Gasteiger partial charge in [-0.15, -0.1) is 0 Å². The van der Waals surface area contributed by atoms with Gasteiger partial charge in [-0.3, -0.25) is 4.79 Å². The van der Waals surface area contributed by atoms with Crippen LogP contribution < -0.4 is 10.2 Å². The molecule has 4 aromatic rings. The van der Waals surface area contributed by atoms with Gasteiger partial charge < -0.3 is 9.84 Å². The summed E-state index contributed by atoms with van der Waals surface area (Å²) in [5, 5.41) is 25.2. The summed E-state index contributed by atoms with van der Waals surface area (Å²) >= 11 is 12.8. The Kier molecular flexibility index (Phi) is 8.22. The lowest BCUT2D eigenvalue weighted by Crippen LogP contribution is -2.43. The molecule has 4 rings (SSSR count). The van der Waals surface area contributed by atoms with Crippen LogP contribution in [-0.4, -0.2) is 17.2 Å². The monoisotopic (exact) mass is 529 g/mol. The molecule has 2 N–H and O–H groups in total. The molecule has 0 spiro atoms. The highest BCUT2D eigenvalue weighted by atomic mass is 35.5. The second-order valence-electron chi connectivity index (χ2n) is 8.01. The van der Waals surface area contributed by atoms with Crippen LogP contribution in [0.15, 0.2) is 102 Å². The molecule has 0 saturated carbocycles. The Labute approximate surface area is 224 Å². The Bertz CT molecular complexity index is 1410. The first-order valence-electron chi connectivity index (χ1n) is 11.2. The number of hydrogen-bond donors (Lipinski definition) is 2. The van der Waals surface area contributed by atoms with Gasteiger partial charge in [-0.1, -0.05) is 102 Å². The van der Waals surface area contributed by atoms with Crippen LogP contribution in [-0.2, 0) is 17.0 Å². The second kappa shape index (κ2) is 11.7. The number of amides is 1. The summed E-state index contributed by atoms with van der Waals surface area (Å²) < 4.78 is 5.77. The van der Waals surface area contributed by atoms with E-state index in [1.54, 1.807) is 91.0 Å². The first-order chi connectivity index (χ1) is 17.9. The van der Waals surface area contributed by atoms with Crippen LogP contribution >= 0.6 is 23.2 Å². The van der Waals surface area contributed by atoms with Gasteiger partial charge in [0.05, 0.1) is 27.9 Å². The first-order valence-corrected chi connectivity index (χ1v) is 12.0. The van der Waals surface area contributed by atoms with Gasteiger partial charge in [0.2, 0.25) is 0 Å². The third-order valence-corrected chi connectivity index (χ3v) is 6.18. The molecule has 0 aliphatic rings. The van der Waals surface area contributed by atoms with Crippen LogP contribution in [0.3, 0.4) is 0 Å². The molecule has 0 fully saturated rings. The van der Waals surface area contributed by atoms with Gasteiger partial charge in [-0.25, -0.2) is 5.43 Å². The first kappa shape index (κ1) is 25.9. The topological polar surface area (TPSA) is 94.7 Å². The predicted octanol–water partition coefficient (Wildman–Crippen LogP) is 5.83. The number of nitrogens with zero attached hydrogens (tertiary/aromatic N) is 2. The van der Waals surface area contributed by atoms with Crippen LogP contribution in [0.1, 0.15) is 27.8 Å². The molecule has 1 amide bonds. The highest BCUT2D eigenvalue weighted by Gasteiger charge is 2.39. The maximum Gasteiger partial charge on any atom is 0.281 e. The SMILES string of the molecule is N#Cc1ccccc1COc1c(Cl)cc(/C=N/NC(=O)C(O)(c2ccccc2)c2ccccc2)cc1Cl. The summed E-state index contributed by atoms with van der Waals surface area (Å²) in [6.07, 6.45) is 1.36. The molecule has 0 aliphatic carbocycles. The molecule has 184 valence electrons. The van der Waals surface area contributed by atoms with Gasteiger partial charge in [-0.05, 0) is 34.9 Å². The quantitative estimate of drug-likeness (QED) is 0.221. The van der Waals surface area contributed by atoms with Crippen molar-refractivity contribution in [3.8, 4) is 11.8 Å². The molecule has 0 atom stereocenters. The van der Waals surface area contributed by atoms with Crippen LogP contribution in [0.25, 0.3) is 0 Å². The predicted molar refractivity (Wildman–Crippen MR) is 144 cm³/mol. The van der Waals surface area contributed by atoms with Crippen molar-refractivity contribution in [2.45, 2.75) is 12.2 Å². The summed E-state index contributed by atoms with van der Waals surface area (Å²) in [6, 6.07) is 29.6. The molecule has 6 nitrogen and oxygen atoms in total. The largest absolute Gasteiger partial charge is 0.486 e. The number of aliphatic hydroxyl groups is 1. The van der Waals surface area contributed by atoms with E-state index in [-0.39, 0.29) is 22.4 Å². The lowest BCUT2D eigenvalue weighted by Gasteiger charge is -2.27. The Morgan fingerprint density at radius 1 is 0.946 bits per heavy atom. The van der Waals surface area contributed by atoms with E-state index in [4.69, 9.17) is 27.9 Å². The van der Waals surface area contributed by atoms with Crippen molar-refractivity contribution in [2.24, 2.45) is 5.10 Å². The van der Waals surface area contributed by atoms with Gasteiger partial charge in [-0.2, -0.15) is 10.4 Å². The number of rotatable bonds is 8. The zero-order chi connectivity index (χ0) is 26.3. The molecule has 4 aromatic carbocycles. The number of carbonyl (C=O) groups is 1. The van der Waals surface area contributed by atoms with E-state index >= 15 is 0 Å². The number of nitriles is 1. The standard InChI is InChI=1S/C29H21Cl2N3O3/c30-25-15-20(16-26(31)27(25)37-19-22-10-8-7-9-21(22)17-32)18-33-34-28(35)29(36,23-11-3-1-4-12-23)24-13-5-2-6-14-24/h1-16,18,36H,19H2,(H,34,35)/b33-18+. The third kappa shape index (κ3) is 5.82. The van der Waals surface area contributed by atoms with Crippen molar-refractivity contribution in [1.82, 2.24) is 5.43 Å². The third-order valence-electron chi connectivity index (χ3n) is 5.62. The van der Waals surface area contributed by atoms with Crippen molar-refractivity contribution < 1.29 is 14.6 Å². The molecular weight excluding hydrogens is 509 g/mol. The maximum atomic E-state index is 13.1. The lowest BCUT2D eigenvalue weighted by atomic mass is 9.85. The summed E-state index contributed by atoms with van der Waals surface area (Å²) in [5.41, 5.74) is 2.97. The molecule has 0 aliphatic heterocycles. The molecule has 0 heterocycles. The normalized spacial score (nSPS) is 11.2. The number of ether oxygens (including phenoxy) is 1. The average molecular weight is 530 g/mol. The lowest BCUT2D eigenvalue weighted by molar-refractivity contribution is -0.136. The van der Waals surface area contributed by atoms with E-state index in [1.165, 1.54) is 6.21 Å². The Balaban J connectivity index is 1.50. The van der Waals surface area contributed by atoms with Gasteiger partial charge in [0, 0.05) is 5.56 Å². The van der Waals surface area contributed by atoms with Gasteiger partial charge in [0.15, 0.2) is 11.4 Å². The minimum absolute atomic E-state index is 0.115. The van der Waals surface area contributed by atoms with E-state index in [9.17, 15) is 15.2 Å². The van der Waals surface area contributed by atoms with E-state index in [1.807, 2.05) is 6.07 Å². The molecule has 0 radical (unpaired) electrons. The van der Waals surface area contributed by atoms with Crippen LogP contribution in [0.4, 0.5) is 0 Å². The zero-order valence-electron chi connectivity index (χ0n) is 19.4. The Morgan fingerprint density at radius 2 is 1.49 bits per heavy atom. The summed E-state index contributed by atoms with van der Waals surface area (Å²) in [4.78, 5) is 13.1. The second-order valence-corrected chi connectivity index (χ2v) is 8.83. The summed E-state index contributed by atoms with van der Waals surface area (Å²) in [5.74, 6) is -0.464. The summed E-state index contributed by atoms with van der Waals surface area (Å²) in [7, 11) is 0. The molecule has 0 saturated heterocycles. The van der Waals surface area contributed by atoms with E-state index in [0.29, 0.717) is 27.8 Å². The van der Waals surface area contributed by atoms with Crippen molar-refractivity contribution in [3.05, 3.63) is 135 Å². The minimum Gasteiger partial charge on any atom is -0.486 e. The number of halogens is 2. The van der Waals surface area contributed by atoms with Crippen LogP contribution in [0.5, 0.6) is 5.75 Å². The van der Waals surface area contributed by atoms with Gasteiger partial charge in [0.25, 0.3) is 5.91 Å². The minimum atomic E-state index is -1.95. The molecular formula is C29H21Cl2N3O3. The highest BCUT2D eigenvalue weighted by Crippen LogP contribution is 2.35. The van der Waals surface area contributed by atoms with Gasteiger partial charge >= 0.3 is 0 Å².